The number of hydrogen-bond donors (Lipinski definition) is 1. The fourth-order valence-electron chi connectivity index (χ4n) is 1.92. The lowest BCUT2D eigenvalue weighted by Crippen LogP contribution is -2.23. The fraction of sp³-hybridized carbons (Fsp3) is 0.545. The highest BCUT2D eigenvalue weighted by Gasteiger charge is 2.29. The Hall–Kier alpha value is -1.25. The van der Waals surface area contributed by atoms with Crippen LogP contribution >= 0.6 is 0 Å². The molecule has 2 N–H and O–H groups in total. The minimum Gasteiger partial charge on any atom is -0.399 e. The van der Waals surface area contributed by atoms with E-state index in [-0.39, 0.29) is 0 Å². The van der Waals surface area contributed by atoms with Crippen LogP contribution in [0.15, 0.2) is 18.3 Å². The maximum atomic E-state index is 5.73. The number of nitrogen functional groups attached to an aromatic ring is 1. The quantitative estimate of drug-likeness (QED) is 0.737. The average molecular weight is 191 g/mol. The Morgan fingerprint density at radius 1 is 1.50 bits per heavy atom. The third-order valence-electron chi connectivity index (χ3n) is 2.77. The van der Waals surface area contributed by atoms with Crippen molar-refractivity contribution in [2.45, 2.75) is 20.3 Å². The second-order valence-electron chi connectivity index (χ2n) is 4.78. The molecule has 0 atom stereocenters. The second-order valence-corrected chi connectivity index (χ2v) is 4.78. The van der Waals surface area contributed by atoms with Gasteiger partial charge in [-0.2, -0.15) is 0 Å². The molecular formula is C11H17N3. The SMILES string of the molecule is CC1(C)CCN(c2cc(N)ccn2)C1. The minimum atomic E-state index is 0.409. The van der Waals surface area contributed by atoms with Crippen LogP contribution in [0.1, 0.15) is 20.3 Å². The Morgan fingerprint density at radius 2 is 2.29 bits per heavy atom. The highest BCUT2D eigenvalue weighted by molar-refractivity contribution is 5.50. The van der Waals surface area contributed by atoms with Crippen LogP contribution in [0.3, 0.4) is 0 Å². The molecule has 0 radical (unpaired) electrons. The largest absolute Gasteiger partial charge is 0.399 e. The van der Waals surface area contributed by atoms with Crippen molar-refractivity contribution in [2.24, 2.45) is 5.41 Å². The number of nitrogens with zero attached hydrogens (tertiary/aromatic N) is 2. The van der Waals surface area contributed by atoms with E-state index < -0.39 is 0 Å². The van der Waals surface area contributed by atoms with Gasteiger partial charge in [-0.1, -0.05) is 13.8 Å². The third-order valence-corrected chi connectivity index (χ3v) is 2.77. The highest BCUT2D eigenvalue weighted by atomic mass is 15.2. The number of pyridine rings is 1. The maximum absolute atomic E-state index is 5.73. The summed E-state index contributed by atoms with van der Waals surface area (Å²) in [6, 6.07) is 3.77. The van der Waals surface area contributed by atoms with Crippen LogP contribution in [-0.4, -0.2) is 18.1 Å². The molecule has 0 saturated carbocycles. The topological polar surface area (TPSA) is 42.1 Å². The summed E-state index contributed by atoms with van der Waals surface area (Å²) in [7, 11) is 0. The summed E-state index contributed by atoms with van der Waals surface area (Å²) in [5, 5.41) is 0. The number of hydrogen-bond acceptors (Lipinski definition) is 3. The van der Waals surface area contributed by atoms with Gasteiger partial charge in [-0.3, -0.25) is 0 Å². The van der Waals surface area contributed by atoms with Crippen LogP contribution < -0.4 is 10.6 Å². The Morgan fingerprint density at radius 3 is 2.86 bits per heavy atom. The second kappa shape index (κ2) is 3.15. The predicted molar refractivity (Wildman–Crippen MR) is 59.3 cm³/mol. The molecule has 76 valence electrons. The van der Waals surface area contributed by atoms with Crippen molar-refractivity contribution in [3.05, 3.63) is 18.3 Å². The first-order valence-electron chi connectivity index (χ1n) is 5.03. The number of anilines is 2. The molecule has 1 aromatic rings. The molecule has 1 aromatic heterocycles. The minimum absolute atomic E-state index is 0.409. The van der Waals surface area contributed by atoms with Crippen molar-refractivity contribution in [3.8, 4) is 0 Å². The molecule has 0 amide bonds. The fourth-order valence-corrected chi connectivity index (χ4v) is 1.92. The van der Waals surface area contributed by atoms with Gasteiger partial charge < -0.3 is 10.6 Å². The van der Waals surface area contributed by atoms with Crippen molar-refractivity contribution in [1.82, 2.24) is 4.98 Å². The summed E-state index contributed by atoms with van der Waals surface area (Å²) in [5.74, 6) is 1.01. The van der Waals surface area contributed by atoms with Gasteiger partial charge in [0.25, 0.3) is 0 Å². The monoisotopic (exact) mass is 191 g/mol. The zero-order valence-electron chi connectivity index (χ0n) is 8.83. The zero-order chi connectivity index (χ0) is 10.2. The van der Waals surface area contributed by atoms with Crippen LogP contribution in [0.2, 0.25) is 0 Å². The van der Waals surface area contributed by atoms with Crippen LogP contribution in [0.25, 0.3) is 0 Å². The Labute approximate surface area is 84.9 Å². The molecule has 0 aliphatic carbocycles. The van der Waals surface area contributed by atoms with Crippen molar-refractivity contribution in [2.75, 3.05) is 23.7 Å². The molecule has 0 aromatic carbocycles. The lowest BCUT2D eigenvalue weighted by atomic mass is 9.93. The molecule has 1 fully saturated rings. The molecule has 3 heteroatoms. The van der Waals surface area contributed by atoms with Crippen LogP contribution in [0.4, 0.5) is 11.5 Å². The average Bonchev–Trinajstić information content (AvgIpc) is 2.46. The van der Waals surface area contributed by atoms with E-state index in [4.69, 9.17) is 5.73 Å². The van der Waals surface area contributed by atoms with E-state index in [0.717, 1.165) is 24.6 Å². The van der Waals surface area contributed by atoms with Gasteiger partial charge in [-0.15, -0.1) is 0 Å². The van der Waals surface area contributed by atoms with Gasteiger partial charge in [-0.25, -0.2) is 4.98 Å². The predicted octanol–water partition coefficient (Wildman–Crippen LogP) is 1.90. The lowest BCUT2D eigenvalue weighted by Gasteiger charge is -2.20. The number of rotatable bonds is 1. The van der Waals surface area contributed by atoms with E-state index in [1.165, 1.54) is 6.42 Å². The summed E-state index contributed by atoms with van der Waals surface area (Å²) in [4.78, 5) is 6.64. The number of nitrogens with two attached hydrogens (primary N) is 1. The molecule has 1 aliphatic heterocycles. The molecule has 0 bridgehead atoms. The number of aromatic nitrogens is 1. The van der Waals surface area contributed by atoms with E-state index in [9.17, 15) is 0 Å². The lowest BCUT2D eigenvalue weighted by molar-refractivity contribution is 0.418. The maximum Gasteiger partial charge on any atom is 0.130 e. The third kappa shape index (κ3) is 1.81. The summed E-state index contributed by atoms with van der Waals surface area (Å²) in [6.45, 7) is 6.74. The summed E-state index contributed by atoms with van der Waals surface area (Å²) in [5.41, 5.74) is 6.93. The van der Waals surface area contributed by atoms with Gasteiger partial charge in [-0.05, 0) is 17.9 Å². The smallest absolute Gasteiger partial charge is 0.130 e. The normalized spacial score (nSPS) is 20.0. The Bertz CT molecular complexity index is 333. The van der Waals surface area contributed by atoms with E-state index >= 15 is 0 Å². The first kappa shape index (κ1) is 9.31. The molecular weight excluding hydrogens is 174 g/mol. The first-order chi connectivity index (χ1) is 6.57. The zero-order valence-corrected chi connectivity index (χ0v) is 8.83. The van der Waals surface area contributed by atoms with Gasteiger partial charge in [0.15, 0.2) is 0 Å². The summed E-state index contributed by atoms with van der Waals surface area (Å²) in [6.07, 6.45) is 3.00. The summed E-state index contributed by atoms with van der Waals surface area (Å²) < 4.78 is 0. The van der Waals surface area contributed by atoms with Gasteiger partial charge in [0.05, 0.1) is 0 Å². The Kier molecular flexibility index (Phi) is 2.10. The molecule has 3 nitrogen and oxygen atoms in total. The molecule has 0 unspecified atom stereocenters. The molecule has 2 rings (SSSR count). The van der Waals surface area contributed by atoms with Crippen LogP contribution in [0, 0.1) is 5.41 Å². The van der Waals surface area contributed by atoms with Crippen LogP contribution in [-0.2, 0) is 0 Å². The van der Waals surface area contributed by atoms with E-state index in [2.05, 4.69) is 23.7 Å². The molecule has 14 heavy (non-hydrogen) atoms. The van der Waals surface area contributed by atoms with Crippen molar-refractivity contribution >= 4 is 11.5 Å². The van der Waals surface area contributed by atoms with Gasteiger partial charge >= 0.3 is 0 Å². The molecule has 0 spiro atoms. The molecule has 1 saturated heterocycles. The molecule has 2 heterocycles. The van der Waals surface area contributed by atoms with E-state index in [0.29, 0.717) is 5.41 Å². The van der Waals surface area contributed by atoms with Crippen molar-refractivity contribution < 1.29 is 0 Å². The summed E-state index contributed by atoms with van der Waals surface area (Å²) >= 11 is 0. The first-order valence-corrected chi connectivity index (χ1v) is 5.03. The van der Waals surface area contributed by atoms with Gasteiger partial charge in [0.1, 0.15) is 5.82 Å². The van der Waals surface area contributed by atoms with Gasteiger partial charge in [0, 0.05) is 31.0 Å². The standard InChI is InChI=1S/C11H17N3/c1-11(2)4-6-14(8-11)10-7-9(12)3-5-13-10/h3,5,7H,4,6,8H2,1-2H3,(H2,12,13). The van der Waals surface area contributed by atoms with Gasteiger partial charge in [0.2, 0.25) is 0 Å². The van der Waals surface area contributed by atoms with Crippen molar-refractivity contribution in [1.29, 1.82) is 0 Å². The van der Waals surface area contributed by atoms with E-state index in [1.54, 1.807) is 6.20 Å². The van der Waals surface area contributed by atoms with Crippen molar-refractivity contribution in [3.63, 3.8) is 0 Å². The molecule has 1 aliphatic rings. The Balaban J connectivity index is 2.17. The highest BCUT2D eigenvalue weighted by Crippen LogP contribution is 2.31. The van der Waals surface area contributed by atoms with Crippen LogP contribution in [0.5, 0.6) is 0 Å². The van der Waals surface area contributed by atoms with E-state index in [1.807, 2.05) is 12.1 Å².